The highest BCUT2D eigenvalue weighted by molar-refractivity contribution is 9.10. The Balaban J connectivity index is 1.57. The lowest BCUT2D eigenvalue weighted by Crippen LogP contribution is -2.16. The molecule has 0 radical (unpaired) electrons. The molecule has 8 heteroatoms. The van der Waals surface area contributed by atoms with Crippen LogP contribution in [0.5, 0.6) is 0 Å². The van der Waals surface area contributed by atoms with Gasteiger partial charge in [0.2, 0.25) is 0 Å². The zero-order valence-corrected chi connectivity index (χ0v) is 18.0. The molecule has 4 aromatic rings. The second kappa shape index (κ2) is 9.11. The monoisotopic (exact) mass is 482 g/mol. The fraction of sp³-hybridized carbons (Fsp3) is 0.0455. The van der Waals surface area contributed by atoms with Crippen molar-refractivity contribution < 1.29 is 9.21 Å². The van der Waals surface area contributed by atoms with Crippen LogP contribution in [0.2, 0.25) is 5.02 Å². The van der Waals surface area contributed by atoms with Crippen molar-refractivity contribution in [3.63, 3.8) is 0 Å². The summed E-state index contributed by atoms with van der Waals surface area (Å²) in [5, 5.41) is 9.48. The average molecular weight is 484 g/mol. The summed E-state index contributed by atoms with van der Waals surface area (Å²) in [7, 11) is 0. The minimum atomic E-state index is -0.438. The third kappa shape index (κ3) is 4.87. The van der Waals surface area contributed by atoms with Crippen molar-refractivity contribution >= 4 is 39.7 Å². The van der Waals surface area contributed by atoms with Gasteiger partial charge in [-0.05, 0) is 45.8 Å². The van der Waals surface area contributed by atoms with Crippen LogP contribution in [0.3, 0.4) is 0 Å². The highest BCUT2D eigenvalue weighted by Crippen LogP contribution is 2.21. The molecule has 0 atom stereocenters. The average Bonchev–Trinajstić information content (AvgIpc) is 3.36. The van der Waals surface area contributed by atoms with Crippen LogP contribution in [0.15, 0.2) is 87.1 Å². The van der Waals surface area contributed by atoms with Gasteiger partial charge >= 0.3 is 5.91 Å². The van der Waals surface area contributed by atoms with Crippen molar-refractivity contribution in [2.75, 3.05) is 0 Å². The third-order valence-corrected chi connectivity index (χ3v) is 4.94. The zero-order valence-electron chi connectivity index (χ0n) is 15.6. The van der Waals surface area contributed by atoms with Crippen molar-refractivity contribution in [3.05, 3.63) is 99.5 Å². The molecule has 0 spiro atoms. The molecule has 150 valence electrons. The van der Waals surface area contributed by atoms with Crippen molar-refractivity contribution in [3.8, 4) is 11.3 Å². The van der Waals surface area contributed by atoms with Gasteiger partial charge in [-0.3, -0.25) is 9.48 Å². The van der Waals surface area contributed by atoms with Gasteiger partial charge in [0.25, 0.3) is 0 Å². The number of hydrogen-bond acceptors (Lipinski definition) is 4. The summed E-state index contributed by atoms with van der Waals surface area (Å²) in [5.74, 6) is -0.271. The van der Waals surface area contributed by atoms with Gasteiger partial charge in [-0.2, -0.15) is 10.2 Å². The van der Waals surface area contributed by atoms with E-state index < -0.39 is 5.91 Å². The van der Waals surface area contributed by atoms with Crippen LogP contribution in [-0.2, 0) is 6.54 Å². The van der Waals surface area contributed by atoms with Gasteiger partial charge in [0.05, 0.1) is 12.8 Å². The number of hydrogen-bond donors (Lipinski definition) is 1. The van der Waals surface area contributed by atoms with Crippen LogP contribution in [0.25, 0.3) is 11.3 Å². The number of halogens is 2. The van der Waals surface area contributed by atoms with Gasteiger partial charge < -0.3 is 4.42 Å². The molecule has 30 heavy (non-hydrogen) atoms. The Hall–Kier alpha value is -3.16. The molecule has 1 amide bonds. The Bertz CT molecular complexity index is 1180. The molecular formula is C22H16BrClN4O2. The fourth-order valence-electron chi connectivity index (χ4n) is 2.86. The van der Waals surface area contributed by atoms with E-state index >= 15 is 0 Å². The smallest absolute Gasteiger partial charge is 0.307 e. The summed E-state index contributed by atoms with van der Waals surface area (Å²) in [6.45, 7) is 0.581. The summed E-state index contributed by atoms with van der Waals surface area (Å²) in [6, 6.07) is 20.6. The highest BCUT2D eigenvalue weighted by Gasteiger charge is 2.12. The van der Waals surface area contributed by atoms with Gasteiger partial charge in [0, 0.05) is 22.3 Å². The number of amides is 1. The van der Waals surface area contributed by atoms with Gasteiger partial charge in [-0.25, -0.2) is 5.43 Å². The molecule has 4 rings (SSSR count). The van der Waals surface area contributed by atoms with E-state index in [0.29, 0.717) is 16.2 Å². The number of aromatic nitrogens is 2. The molecule has 1 N–H and O–H groups in total. The molecule has 0 aliphatic heterocycles. The van der Waals surface area contributed by atoms with Gasteiger partial charge in [-0.1, -0.05) is 54.1 Å². The van der Waals surface area contributed by atoms with Crippen molar-refractivity contribution in [1.29, 1.82) is 0 Å². The van der Waals surface area contributed by atoms with Gasteiger partial charge in [-0.15, -0.1) is 0 Å². The number of nitrogens with zero attached hydrogens (tertiary/aromatic N) is 3. The van der Waals surface area contributed by atoms with Crippen LogP contribution in [0.1, 0.15) is 21.7 Å². The lowest BCUT2D eigenvalue weighted by Gasteiger charge is -2.02. The molecule has 0 bridgehead atoms. The zero-order chi connectivity index (χ0) is 20.9. The second-order valence-electron chi connectivity index (χ2n) is 6.43. The lowest BCUT2D eigenvalue weighted by molar-refractivity contribution is 0.0926. The molecule has 2 heterocycles. The van der Waals surface area contributed by atoms with Crippen molar-refractivity contribution in [2.24, 2.45) is 5.10 Å². The number of furan rings is 1. The largest absolute Gasteiger partial charge is 0.444 e. The molecule has 0 fully saturated rings. The summed E-state index contributed by atoms with van der Waals surface area (Å²) in [4.78, 5) is 12.1. The van der Waals surface area contributed by atoms with E-state index in [1.54, 1.807) is 18.3 Å². The van der Waals surface area contributed by atoms with E-state index in [0.717, 1.165) is 22.4 Å². The third-order valence-electron chi connectivity index (χ3n) is 4.26. The number of rotatable bonds is 6. The molecule has 0 aliphatic carbocycles. The van der Waals surface area contributed by atoms with Gasteiger partial charge in [0.15, 0.2) is 10.4 Å². The second-order valence-corrected chi connectivity index (χ2v) is 7.64. The van der Waals surface area contributed by atoms with Crippen molar-refractivity contribution in [2.45, 2.75) is 6.54 Å². The molecule has 0 saturated carbocycles. The maximum absolute atomic E-state index is 12.1. The predicted octanol–water partition coefficient (Wildman–Crippen LogP) is 5.37. The van der Waals surface area contributed by atoms with E-state index in [1.165, 1.54) is 0 Å². The number of carbonyl (C=O) groups excluding carboxylic acids is 1. The number of hydrazone groups is 1. The van der Waals surface area contributed by atoms with E-state index in [1.807, 2.05) is 65.5 Å². The topological polar surface area (TPSA) is 72.4 Å². The minimum absolute atomic E-state index is 0.167. The predicted molar refractivity (Wildman–Crippen MR) is 120 cm³/mol. The first-order valence-corrected chi connectivity index (χ1v) is 10.2. The summed E-state index contributed by atoms with van der Waals surface area (Å²) in [5.41, 5.74) is 6.03. The maximum Gasteiger partial charge on any atom is 0.307 e. The highest BCUT2D eigenvalue weighted by atomic mass is 79.9. The fourth-order valence-corrected chi connectivity index (χ4v) is 3.29. The Labute approximate surface area is 186 Å². The molecule has 0 unspecified atom stereocenters. The van der Waals surface area contributed by atoms with E-state index in [4.69, 9.17) is 21.1 Å². The summed E-state index contributed by atoms with van der Waals surface area (Å²) < 4.78 is 7.53. The first kappa shape index (κ1) is 20.1. The maximum atomic E-state index is 12.1. The molecule has 6 nitrogen and oxygen atoms in total. The van der Waals surface area contributed by atoms with Crippen molar-refractivity contribution in [1.82, 2.24) is 15.2 Å². The van der Waals surface area contributed by atoms with Crippen LogP contribution < -0.4 is 5.43 Å². The van der Waals surface area contributed by atoms with E-state index in [2.05, 4.69) is 26.5 Å². The Morgan fingerprint density at radius 3 is 2.60 bits per heavy atom. The quantitative estimate of drug-likeness (QED) is 0.296. The van der Waals surface area contributed by atoms with E-state index in [9.17, 15) is 4.79 Å². The Morgan fingerprint density at radius 1 is 1.13 bits per heavy atom. The van der Waals surface area contributed by atoms with Crippen LogP contribution in [0.4, 0.5) is 0 Å². The van der Waals surface area contributed by atoms with Gasteiger partial charge in [0.1, 0.15) is 5.69 Å². The Morgan fingerprint density at radius 2 is 1.90 bits per heavy atom. The SMILES string of the molecule is O=C(N/N=C\c1cn(Cc2ccc(Cl)cc2)nc1-c1ccccc1)c1ccc(Br)o1. The standard InChI is InChI=1S/C22H16BrClN4O2/c23-20-11-10-19(30-20)22(29)26-25-12-17-14-28(13-15-6-8-18(24)9-7-15)27-21(17)16-4-2-1-3-5-16/h1-12,14H,13H2,(H,26,29)/b25-12-. The first-order chi connectivity index (χ1) is 14.6. The minimum Gasteiger partial charge on any atom is -0.444 e. The normalized spacial score (nSPS) is 11.1. The van der Waals surface area contributed by atoms with Crippen LogP contribution >= 0.6 is 27.5 Å². The molecular weight excluding hydrogens is 468 g/mol. The van der Waals surface area contributed by atoms with Crippen LogP contribution in [0, 0.1) is 0 Å². The Kier molecular flexibility index (Phi) is 6.11. The number of benzene rings is 2. The lowest BCUT2D eigenvalue weighted by atomic mass is 10.1. The molecule has 0 aliphatic rings. The first-order valence-electron chi connectivity index (χ1n) is 9.04. The van der Waals surface area contributed by atoms with E-state index in [-0.39, 0.29) is 5.76 Å². The number of carbonyl (C=O) groups is 1. The summed E-state index contributed by atoms with van der Waals surface area (Å²) >= 11 is 9.14. The molecule has 0 saturated heterocycles. The molecule has 2 aromatic carbocycles. The van der Waals surface area contributed by atoms with Crippen LogP contribution in [-0.4, -0.2) is 21.9 Å². The molecule has 2 aromatic heterocycles. The summed E-state index contributed by atoms with van der Waals surface area (Å²) in [6.07, 6.45) is 3.46. The number of nitrogens with one attached hydrogen (secondary N) is 1.